The monoisotopic (exact) mass is 270 g/mol. The van der Waals surface area contributed by atoms with E-state index in [9.17, 15) is 13.2 Å². The standard InChI is InChI=1S/C14H10ClF3/c1-8-2-3-9(6-12(8)17)14(15)10-4-5-11(16)13(18)7-10/h2-7,14H,1H3. The fourth-order valence-corrected chi connectivity index (χ4v) is 1.90. The molecule has 2 rings (SSSR count). The Hall–Kier alpha value is -1.48. The lowest BCUT2D eigenvalue weighted by Gasteiger charge is -2.11. The average Bonchev–Trinajstić information content (AvgIpc) is 2.35. The summed E-state index contributed by atoms with van der Waals surface area (Å²) in [5, 5.41) is -0.713. The SMILES string of the molecule is Cc1ccc(C(Cl)c2ccc(F)c(F)c2)cc1F. The lowest BCUT2D eigenvalue weighted by molar-refractivity contribution is 0.507. The first-order valence-electron chi connectivity index (χ1n) is 5.34. The molecule has 4 heteroatoms. The molecule has 0 radical (unpaired) electrons. The van der Waals surface area contributed by atoms with Gasteiger partial charge < -0.3 is 0 Å². The molecule has 0 spiro atoms. The van der Waals surface area contributed by atoms with Crippen LogP contribution in [0.5, 0.6) is 0 Å². The number of rotatable bonds is 2. The van der Waals surface area contributed by atoms with Gasteiger partial charge in [-0.25, -0.2) is 13.2 Å². The molecule has 2 aromatic rings. The van der Waals surface area contributed by atoms with Gasteiger partial charge in [-0.15, -0.1) is 11.6 Å². The Morgan fingerprint density at radius 1 is 0.833 bits per heavy atom. The second-order valence-corrected chi connectivity index (χ2v) is 4.48. The summed E-state index contributed by atoms with van der Waals surface area (Å²) in [7, 11) is 0. The van der Waals surface area contributed by atoms with E-state index >= 15 is 0 Å². The van der Waals surface area contributed by atoms with Crippen molar-refractivity contribution < 1.29 is 13.2 Å². The summed E-state index contributed by atoms with van der Waals surface area (Å²) in [4.78, 5) is 0. The number of hydrogen-bond acceptors (Lipinski definition) is 0. The highest BCUT2D eigenvalue weighted by Crippen LogP contribution is 2.30. The maximum atomic E-state index is 13.4. The Labute approximate surface area is 108 Å². The smallest absolute Gasteiger partial charge is 0.159 e. The molecule has 0 fully saturated rings. The van der Waals surface area contributed by atoms with Gasteiger partial charge in [0, 0.05) is 0 Å². The van der Waals surface area contributed by atoms with Crippen LogP contribution in [0.25, 0.3) is 0 Å². The maximum absolute atomic E-state index is 13.4. The van der Waals surface area contributed by atoms with Gasteiger partial charge in [0.25, 0.3) is 0 Å². The van der Waals surface area contributed by atoms with E-state index in [4.69, 9.17) is 11.6 Å². The van der Waals surface area contributed by atoms with Crippen LogP contribution >= 0.6 is 11.6 Å². The van der Waals surface area contributed by atoms with Crippen molar-refractivity contribution in [3.63, 3.8) is 0 Å². The third kappa shape index (κ3) is 2.51. The van der Waals surface area contributed by atoms with Crippen LogP contribution in [-0.2, 0) is 0 Å². The molecule has 18 heavy (non-hydrogen) atoms. The van der Waals surface area contributed by atoms with Crippen LogP contribution in [0.15, 0.2) is 36.4 Å². The highest BCUT2D eigenvalue weighted by Gasteiger charge is 2.14. The van der Waals surface area contributed by atoms with Crippen molar-refractivity contribution in [3.05, 3.63) is 70.5 Å². The highest BCUT2D eigenvalue weighted by molar-refractivity contribution is 6.22. The second kappa shape index (κ2) is 5.02. The number of aryl methyl sites for hydroxylation is 1. The summed E-state index contributed by atoms with van der Waals surface area (Å²) in [6, 6.07) is 7.97. The largest absolute Gasteiger partial charge is 0.207 e. The van der Waals surface area contributed by atoms with E-state index in [1.165, 1.54) is 12.1 Å². The normalized spacial score (nSPS) is 12.5. The molecular formula is C14H10ClF3. The number of hydrogen-bond donors (Lipinski definition) is 0. The number of benzene rings is 2. The maximum Gasteiger partial charge on any atom is 0.159 e. The quantitative estimate of drug-likeness (QED) is 0.692. The first-order valence-corrected chi connectivity index (χ1v) is 5.78. The molecule has 0 aromatic heterocycles. The predicted octanol–water partition coefficient (Wildman–Crippen LogP) is 4.74. The molecule has 0 bridgehead atoms. The molecule has 0 N–H and O–H groups in total. The van der Waals surface area contributed by atoms with Crippen LogP contribution in [0.3, 0.4) is 0 Å². The summed E-state index contributed by atoms with van der Waals surface area (Å²) >= 11 is 6.12. The van der Waals surface area contributed by atoms with Gasteiger partial charge in [-0.3, -0.25) is 0 Å². The Morgan fingerprint density at radius 2 is 1.39 bits per heavy atom. The molecular weight excluding hydrogens is 261 g/mol. The van der Waals surface area contributed by atoms with Gasteiger partial charge in [-0.05, 0) is 41.8 Å². The average molecular weight is 271 g/mol. The van der Waals surface area contributed by atoms with E-state index in [0.29, 0.717) is 16.7 Å². The summed E-state index contributed by atoms with van der Waals surface area (Å²) in [6.45, 7) is 1.64. The van der Waals surface area contributed by atoms with Crippen molar-refractivity contribution in [2.24, 2.45) is 0 Å². The van der Waals surface area contributed by atoms with Gasteiger partial charge in [0.05, 0.1) is 5.38 Å². The van der Waals surface area contributed by atoms with Gasteiger partial charge in [-0.2, -0.15) is 0 Å². The fourth-order valence-electron chi connectivity index (χ4n) is 1.63. The number of halogens is 4. The minimum absolute atomic E-state index is 0.374. The molecule has 0 aliphatic rings. The molecule has 0 heterocycles. The van der Waals surface area contributed by atoms with Gasteiger partial charge in [0.1, 0.15) is 5.82 Å². The Bertz CT molecular complexity index is 530. The topological polar surface area (TPSA) is 0 Å². The Morgan fingerprint density at radius 3 is 1.94 bits per heavy atom. The first kappa shape index (κ1) is 13.0. The van der Waals surface area contributed by atoms with E-state index in [-0.39, 0.29) is 5.82 Å². The highest BCUT2D eigenvalue weighted by atomic mass is 35.5. The van der Waals surface area contributed by atoms with E-state index < -0.39 is 17.0 Å². The van der Waals surface area contributed by atoms with Crippen molar-refractivity contribution in [2.75, 3.05) is 0 Å². The molecule has 2 aromatic carbocycles. The summed E-state index contributed by atoms with van der Waals surface area (Å²) in [6.07, 6.45) is 0. The minimum Gasteiger partial charge on any atom is -0.207 e. The Balaban J connectivity index is 2.37. The predicted molar refractivity (Wildman–Crippen MR) is 65.2 cm³/mol. The number of alkyl halides is 1. The second-order valence-electron chi connectivity index (χ2n) is 4.04. The van der Waals surface area contributed by atoms with Crippen molar-refractivity contribution in [1.29, 1.82) is 0 Å². The third-order valence-electron chi connectivity index (χ3n) is 2.72. The van der Waals surface area contributed by atoms with Crippen LogP contribution in [-0.4, -0.2) is 0 Å². The van der Waals surface area contributed by atoms with E-state index in [1.54, 1.807) is 19.1 Å². The molecule has 0 aliphatic carbocycles. The summed E-state index contributed by atoms with van der Waals surface area (Å²) in [5.74, 6) is -2.27. The van der Waals surface area contributed by atoms with Crippen LogP contribution in [0.4, 0.5) is 13.2 Å². The summed E-state index contributed by atoms with van der Waals surface area (Å²) in [5.41, 5.74) is 1.40. The van der Waals surface area contributed by atoms with Crippen molar-refractivity contribution in [3.8, 4) is 0 Å². The van der Waals surface area contributed by atoms with Crippen molar-refractivity contribution in [1.82, 2.24) is 0 Å². The fraction of sp³-hybridized carbons (Fsp3) is 0.143. The Kier molecular flexibility index (Phi) is 3.62. The molecule has 0 saturated heterocycles. The molecule has 0 nitrogen and oxygen atoms in total. The van der Waals surface area contributed by atoms with Gasteiger partial charge in [-0.1, -0.05) is 18.2 Å². The molecule has 0 saturated carbocycles. The van der Waals surface area contributed by atoms with Gasteiger partial charge in [0.15, 0.2) is 11.6 Å². The molecule has 0 amide bonds. The molecule has 94 valence electrons. The van der Waals surface area contributed by atoms with E-state index in [0.717, 1.165) is 12.1 Å². The lowest BCUT2D eigenvalue weighted by Crippen LogP contribution is -1.97. The van der Waals surface area contributed by atoms with Crippen LogP contribution < -0.4 is 0 Å². The van der Waals surface area contributed by atoms with E-state index in [1.807, 2.05) is 0 Å². The van der Waals surface area contributed by atoms with Crippen molar-refractivity contribution >= 4 is 11.6 Å². The molecule has 0 aliphatic heterocycles. The van der Waals surface area contributed by atoms with Crippen LogP contribution in [0.2, 0.25) is 0 Å². The van der Waals surface area contributed by atoms with Crippen LogP contribution in [0.1, 0.15) is 22.1 Å². The first-order chi connectivity index (χ1) is 8.49. The van der Waals surface area contributed by atoms with Gasteiger partial charge in [0.2, 0.25) is 0 Å². The molecule has 1 unspecified atom stereocenters. The zero-order valence-corrected chi connectivity index (χ0v) is 10.3. The van der Waals surface area contributed by atoms with Crippen LogP contribution in [0, 0.1) is 24.4 Å². The third-order valence-corrected chi connectivity index (χ3v) is 3.23. The van der Waals surface area contributed by atoms with E-state index in [2.05, 4.69) is 0 Å². The zero-order valence-electron chi connectivity index (χ0n) is 9.55. The zero-order chi connectivity index (χ0) is 13.3. The minimum atomic E-state index is -0.967. The van der Waals surface area contributed by atoms with Gasteiger partial charge >= 0.3 is 0 Å². The summed E-state index contributed by atoms with van der Waals surface area (Å²) < 4.78 is 39.3. The lowest BCUT2D eigenvalue weighted by atomic mass is 10.0. The molecule has 1 atom stereocenters. The van der Waals surface area contributed by atoms with Crippen molar-refractivity contribution in [2.45, 2.75) is 12.3 Å².